The maximum Gasteiger partial charge on any atom is 0.323 e. The van der Waals surface area contributed by atoms with Gasteiger partial charge < -0.3 is 14.9 Å². The van der Waals surface area contributed by atoms with Gasteiger partial charge in [-0.1, -0.05) is 36.5 Å². The highest BCUT2D eigenvalue weighted by molar-refractivity contribution is 5.83. The number of carbonyl (C=O) groups excluding carboxylic acids is 1. The van der Waals surface area contributed by atoms with Crippen LogP contribution < -0.4 is 0 Å². The molecule has 3 rings (SSSR count). The van der Waals surface area contributed by atoms with E-state index in [2.05, 4.69) is 38.6 Å². The third kappa shape index (κ3) is 4.27. The summed E-state index contributed by atoms with van der Waals surface area (Å²) in [5, 5.41) is 9.25. The normalized spacial score (nSPS) is 30.8. The van der Waals surface area contributed by atoms with Gasteiger partial charge in [0.2, 0.25) is 0 Å². The van der Waals surface area contributed by atoms with E-state index in [1.165, 1.54) is 18.4 Å². The molecule has 2 aliphatic carbocycles. The zero-order valence-electron chi connectivity index (χ0n) is 18.1. The van der Waals surface area contributed by atoms with Gasteiger partial charge in [-0.3, -0.25) is 9.69 Å². The minimum absolute atomic E-state index is 0.0364. The maximum absolute atomic E-state index is 13.0. The Bertz CT molecular complexity index is 713. The first-order valence-corrected chi connectivity index (χ1v) is 10.7. The molecular weight excluding hydrogens is 366 g/mol. The van der Waals surface area contributed by atoms with E-state index in [-0.39, 0.29) is 23.7 Å². The minimum Gasteiger partial charge on any atom is -0.480 e. The van der Waals surface area contributed by atoms with Crippen LogP contribution in [0.25, 0.3) is 0 Å². The lowest BCUT2D eigenvalue weighted by atomic mass is 9.68. The number of carboxylic acids is 1. The van der Waals surface area contributed by atoms with Crippen LogP contribution in [0.5, 0.6) is 0 Å². The second-order valence-electron chi connectivity index (χ2n) is 9.21. The second kappa shape index (κ2) is 8.34. The molecule has 0 aromatic rings. The molecule has 2 saturated carbocycles. The number of rotatable bonds is 8. The van der Waals surface area contributed by atoms with E-state index in [0.29, 0.717) is 12.5 Å². The van der Waals surface area contributed by atoms with Gasteiger partial charge in [0, 0.05) is 18.6 Å². The standard InChI is InChI=1S/C23H35N3O3/c1-5-6-7-8-18(2)23(24(3)4)13-11-22(12-14-23)17-25(16-20(27)28)21(29)26(22)15-19-9-10-19/h5-8,19H,1,9-17H2,2-4H3,(H,27,28)/b7-6-,18-8+. The van der Waals surface area contributed by atoms with Gasteiger partial charge in [0.15, 0.2) is 0 Å². The number of hydrogen-bond donors (Lipinski definition) is 1. The summed E-state index contributed by atoms with van der Waals surface area (Å²) in [6.07, 6.45) is 14.0. The number of urea groups is 1. The van der Waals surface area contributed by atoms with Crippen LogP contribution in [0.1, 0.15) is 45.4 Å². The number of carboxylic acid groups (broad SMARTS) is 1. The van der Waals surface area contributed by atoms with Gasteiger partial charge in [-0.2, -0.15) is 0 Å². The van der Waals surface area contributed by atoms with Gasteiger partial charge in [-0.05, 0) is 65.5 Å². The van der Waals surface area contributed by atoms with Crippen molar-refractivity contribution in [2.24, 2.45) is 5.92 Å². The van der Waals surface area contributed by atoms with Crippen molar-refractivity contribution in [3.05, 3.63) is 36.5 Å². The molecule has 1 N–H and O–H groups in total. The molecule has 29 heavy (non-hydrogen) atoms. The summed E-state index contributed by atoms with van der Waals surface area (Å²) in [5.41, 5.74) is 1.05. The summed E-state index contributed by atoms with van der Waals surface area (Å²) in [4.78, 5) is 30.2. The van der Waals surface area contributed by atoms with E-state index < -0.39 is 5.97 Å². The first-order chi connectivity index (χ1) is 13.7. The van der Waals surface area contributed by atoms with Crippen molar-refractivity contribution in [1.29, 1.82) is 0 Å². The third-order valence-corrected chi connectivity index (χ3v) is 7.21. The predicted molar refractivity (Wildman–Crippen MR) is 115 cm³/mol. The van der Waals surface area contributed by atoms with Crippen LogP contribution in [0.4, 0.5) is 4.79 Å². The first-order valence-electron chi connectivity index (χ1n) is 10.7. The van der Waals surface area contributed by atoms with Crippen molar-refractivity contribution >= 4 is 12.0 Å². The number of allylic oxidation sites excluding steroid dienone is 4. The smallest absolute Gasteiger partial charge is 0.323 e. The topological polar surface area (TPSA) is 64.1 Å². The van der Waals surface area contributed by atoms with Crippen LogP contribution in [0.3, 0.4) is 0 Å². The van der Waals surface area contributed by atoms with E-state index in [0.717, 1.165) is 32.2 Å². The molecule has 0 aromatic carbocycles. The molecule has 1 heterocycles. The molecule has 3 aliphatic rings. The molecule has 3 fully saturated rings. The highest BCUT2D eigenvalue weighted by atomic mass is 16.4. The average Bonchev–Trinajstić information content (AvgIpc) is 3.45. The molecule has 6 nitrogen and oxygen atoms in total. The van der Waals surface area contributed by atoms with Gasteiger partial charge in [0.1, 0.15) is 6.54 Å². The Kier molecular flexibility index (Phi) is 6.22. The lowest BCUT2D eigenvalue weighted by Gasteiger charge is -2.51. The fourth-order valence-electron chi connectivity index (χ4n) is 5.18. The molecule has 0 aromatic heterocycles. The van der Waals surface area contributed by atoms with Crippen LogP contribution in [-0.4, -0.2) is 76.6 Å². The van der Waals surface area contributed by atoms with Crippen LogP contribution in [0, 0.1) is 5.92 Å². The average molecular weight is 402 g/mol. The third-order valence-electron chi connectivity index (χ3n) is 7.21. The number of amides is 2. The zero-order valence-corrected chi connectivity index (χ0v) is 18.1. The highest BCUT2D eigenvalue weighted by Gasteiger charge is 2.55. The summed E-state index contributed by atoms with van der Waals surface area (Å²) in [6.45, 7) is 7.03. The van der Waals surface area contributed by atoms with E-state index in [1.54, 1.807) is 11.0 Å². The summed E-state index contributed by atoms with van der Waals surface area (Å²) in [7, 11) is 4.26. The lowest BCUT2D eigenvalue weighted by Crippen LogP contribution is -2.57. The lowest BCUT2D eigenvalue weighted by molar-refractivity contribution is -0.137. The first kappa shape index (κ1) is 21.6. The molecule has 1 spiro atoms. The Balaban J connectivity index is 1.83. The largest absolute Gasteiger partial charge is 0.480 e. The Labute approximate surface area is 174 Å². The van der Waals surface area contributed by atoms with Crippen LogP contribution >= 0.6 is 0 Å². The van der Waals surface area contributed by atoms with Gasteiger partial charge in [0.25, 0.3) is 0 Å². The number of likely N-dealkylation sites (N-methyl/N-ethyl adjacent to an activating group) is 1. The highest BCUT2D eigenvalue weighted by Crippen LogP contribution is 2.48. The molecule has 160 valence electrons. The maximum atomic E-state index is 13.0. The van der Waals surface area contributed by atoms with Crippen molar-refractivity contribution in [3.8, 4) is 0 Å². The Morgan fingerprint density at radius 2 is 1.90 bits per heavy atom. The van der Waals surface area contributed by atoms with E-state index in [4.69, 9.17) is 0 Å². The Morgan fingerprint density at radius 3 is 2.41 bits per heavy atom. The molecule has 2 amide bonds. The summed E-state index contributed by atoms with van der Waals surface area (Å²) < 4.78 is 0. The second-order valence-corrected chi connectivity index (χ2v) is 9.21. The van der Waals surface area contributed by atoms with Crippen LogP contribution in [0.2, 0.25) is 0 Å². The summed E-state index contributed by atoms with van der Waals surface area (Å²) in [5.74, 6) is -0.347. The number of aliphatic carboxylic acids is 1. The van der Waals surface area contributed by atoms with Crippen molar-refractivity contribution in [3.63, 3.8) is 0 Å². The van der Waals surface area contributed by atoms with Gasteiger partial charge in [-0.25, -0.2) is 4.79 Å². The van der Waals surface area contributed by atoms with Crippen molar-refractivity contribution < 1.29 is 14.7 Å². The monoisotopic (exact) mass is 401 g/mol. The van der Waals surface area contributed by atoms with E-state index in [1.807, 2.05) is 17.1 Å². The quantitative estimate of drug-likeness (QED) is 0.632. The molecule has 1 aliphatic heterocycles. The van der Waals surface area contributed by atoms with E-state index in [9.17, 15) is 14.7 Å². The fourth-order valence-corrected chi connectivity index (χ4v) is 5.18. The molecule has 6 heteroatoms. The Morgan fingerprint density at radius 1 is 1.24 bits per heavy atom. The molecule has 0 unspecified atom stereocenters. The van der Waals surface area contributed by atoms with Crippen LogP contribution in [0.15, 0.2) is 36.5 Å². The fraction of sp³-hybridized carbons (Fsp3) is 0.652. The van der Waals surface area contributed by atoms with Crippen molar-refractivity contribution in [2.45, 2.75) is 56.5 Å². The van der Waals surface area contributed by atoms with Crippen LogP contribution in [-0.2, 0) is 4.79 Å². The molecule has 0 bridgehead atoms. The SMILES string of the molecule is C=C/C=C\C=C(/C)C1(N(C)C)CCC2(CC1)CN(CC(=O)O)C(=O)N2CC1CC1. The molecular formula is C23H35N3O3. The Hall–Kier alpha value is -2.08. The molecule has 0 radical (unpaired) electrons. The minimum atomic E-state index is -0.937. The van der Waals surface area contributed by atoms with Crippen molar-refractivity contribution in [1.82, 2.24) is 14.7 Å². The van der Waals surface area contributed by atoms with Gasteiger partial charge in [0.05, 0.1) is 5.54 Å². The molecule has 1 saturated heterocycles. The number of hydrogen-bond acceptors (Lipinski definition) is 3. The molecule has 0 atom stereocenters. The van der Waals surface area contributed by atoms with Gasteiger partial charge >= 0.3 is 12.0 Å². The zero-order chi connectivity index (χ0) is 21.2. The summed E-state index contributed by atoms with van der Waals surface area (Å²) in [6, 6.07) is -0.0853. The number of carbonyl (C=O) groups is 2. The van der Waals surface area contributed by atoms with E-state index >= 15 is 0 Å². The predicted octanol–water partition coefficient (Wildman–Crippen LogP) is 3.52. The number of nitrogens with zero attached hydrogens (tertiary/aromatic N) is 3. The van der Waals surface area contributed by atoms with Gasteiger partial charge in [-0.15, -0.1) is 0 Å². The van der Waals surface area contributed by atoms with Crippen molar-refractivity contribution in [2.75, 3.05) is 33.7 Å². The summed E-state index contributed by atoms with van der Waals surface area (Å²) >= 11 is 0.